The molecule has 1 fully saturated rings. The van der Waals surface area contributed by atoms with Gasteiger partial charge >= 0.3 is 0 Å². The number of rotatable bonds is 2. The molecule has 0 amide bonds. The van der Waals surface area contributed by atoms with E-state index in [1.807, 2.05) is 11.8 Å². The summed E-state index contributed by atoms with van der Waals surface area (Å²) in [5, 5.41) is 1.03. The van der Waals surface area contributed by atoms with Gasteiger partial charge < -0.3 is 0 Å². The maximum atomic E-state index is 2.17. The standard InChI is InChI=1S/C4H8S2.CH4/c1-5-2-4-3-6-4;/h4H,2-3H2,1H3;1H4. The highest BCUT2D eigenvalue weighted by Gasteiger charge is 2.20. The first kappa shape index (κ1) is 7.70. The fraction of sp³-hybridized carbons (Fsp3) is 1.00. The van der Waals surface area contributed by atoms with Crippen LogP contribution in [0.2, 0.25) is 0 Å². The maximum absolute atomic E-state index is 2.17. The number of hydrogen-bond acceptors (Lipinski definition) is 2. The molecule has 2 heteroatoms. The molecule has 1 atom stereocenters. The lowest BCUT2D eigenvalue weighted by Crippen LogP contribution is -1.82. The molecule has 1 aliphatic heterocycles. The van der Waals surface area contributed by atoms with Crippen molar-refractivity contribution < 1.29 is 0 Å². The van der Waals surface area contributed by atoms with Gasteiger partial charge in [0.1, 0.15) is 0 Å². The Kier molecular flexibility index (Phi) is 4.04. The Bertz CT molecular complexity index is 41.3. The van der Waals surface area contributed by atoms with Gasteiger partial charge in [0, 0.05) is 16.8 Å². The Morgan fingerprint density at radius 2 is 2.43 bits per heavy atom. The lowest BCUT2D eigenvalue weighted by Gasteiger charge is -1.81. The SMILES string of the molecule is C.CSCC1CS1. The van der Waals surface area contributed by atoms with E-state index in [1.165, 1.54) is 11.5 Å². The average Bonchev–Trinajstić information content (AvgIpc) is 2.21. The van der Waals surface area contributed by atoms with Crippen LogP contribution in [0, 0.1) is 0 Å². The van der Waals surface area contributed by atoms with Crippen LogP contribution in [0.5, 0.6) is 0 Å². The zero-order valence-electron chi connectivity index (χ0n) is 3.81. The number of hydrogen-bond donors (Lipinski definition) is 0. The topological polar surface area (TPSA) is 0 Å². The van der Waals surface area contributed by atoms with Gasteiger partial charge in [-0.15, -0.1) is 0 Å². The van der Waals surface area contributed by atoms with Gasteiger partial charge in [-0.2, -0.15) is 23.5 Å². The molecule has 7 heavy (non-hydrogen) atoms. The zero-order valence-corrected chi connectivity index (χ0v) is 5.44. The molecular formula is C5H12S2. The molecule has 1 rings (SSSR count). The van der Waals surface area contributed by atoms with Gasteiger partial charge in [-0.05, 0) is 6.26 Å². The van der Waals surface area contributed by atoms with Gasteiger partial charge in [0.25, 0.3) is 0 Å². The van der Waals surface area contributed by atoms with E-state index in [2.05, 4.69) is 18.0 Å². The second kappa shape index (κ2) is 3.67. The van der Waals surface area contributed by atoms with Crippen LogP contribution in [0.4, 0.5) is 0 Å². The van der Waals surface area contributed by atoms with Gasteiger partial charge in [0.2, 0.25) is 0 Å². The second-order valence-corrected chi connectivity index (χ2v) is 3.65. The Labute approximate surface area is 54.4 Å². The van der Waals surface area contributed by atoms with E-state index < -0.39 is 0 Å². The maximum Gasteiger partial charge on any atom is 0.0229 e. The van der Waals surface area contributed by atoms with E-state index in [-0.39, 0.29) is 7.43 Å². The van der Waals surface area contributed by atoms with Crippen molar-refractivity contribution in [3.05, 3.63) is 0 Å². The number of thioether (sulfide) groups is 2. The minimum absolute atomic E-state index is 0. The highest BCUT2D eigenvalue weighted by molar-refractivity contribution is 8.08. The van der Waals surface area contributed by atoms with Gasteiger partial charge in [-0.25, -0.2) is 0 Å². The molecule has 0 radical (unpaired) electrons. The molecule has 0 nitrogen and oxygen atoms in total. The normalized spacial score (nSPS) is 26.1. The minimum Gasteiger partial charge on any atom is -0.164 e. The average molecular weight is 136 g/mol. The first-order valence-electron chi connectivity index (χ1n) is 2.04. The van der Waals surface area contributed by atoms with E-state index >= 15 is 0 Å². The van der Waals surface area contributed by atoms with Crippen LogP contribution < -0.4 is 0 Å². The summed E-state index contributed by atoms with van der Waals surface area (Å²) < 4.78 is 0. The monoisotopic (exact) mass is 136 g/mol. The summed E-state index contributed by atoms with van der Waals surface area (Å²) in [6.07, 6.45) is 2.17. The third kappa shape index (κ3) is 3.30. The molecular weight excluding hydrogens is 124 g/mol. The van der Waals surface area contributed by atoms with Crippen LogP contribution >= 0.6 is 23.5 Å². The molecule has 0 spiro atoms. The van der Waals surface area contributed by atoms with Crippen molar-refractivity contribution in [1.29, 1.82) is 0 Å². The smallest absolute Gasteiger partial charge is 0.0229 e. The van der Waals surface area contributed by atoms with Crippen molar-refractivity contribution in [2.75, 3.05) is 17.8 Å². The third-order valence-corrected chi connectivity index (χ3v) is 2.67. The second-order valence-electron chi connectivity index (χ2n) is 1.41. The molecule has 0 aliphatic carbocycles. The van der Waals surface area contributed by atoms with Gasteiger partial charge in [0.15, 0.2) is 0 Å². The fourth-order valence-electron chi connectivity index (χ4n) is 0.350. The molecule has 1 heterocycles. The summed E-state index contributed by atoms with van der Waals surface area (Å²) in [5.41, 5.74) is 0. The molecule has 1 aliphatic rings. The summed E-state index contributed by atoms with van der Waals surface area (Å²) in [7, 11) is 0. The van der Waals surface area contributed by atoms with Gasteiger partial charge in [-0.1, -0.05) is 7.43 Å². The molecule has 1 saturated heterocycles. The summed E-state index contributed by atoms with van der Waals surface area (Å²) >= 11 is 4.02. The van der Waals surface area contributed by atoms with E-state index in [1.54, 1.807) is 0 Å². The minimum atomic E-state index is 0. The summed E-state index contributed by atoms with van der Waals surface area (Å²) in [6, 6.07) is 0. The van der Waals surface area contributed by atoms with Crippen LogP contribution in [0.1, 0.15) is 7.43 Å². The highest BCUT2D eigenvalue weighted by atomic mass is 32.2. The van der Waals surface area contributed by atoms with Crippen LogP contribution in [0.25, 0.3) is 0 Å². The molecule has 0 saturated carbocycles. The lowest BCUT2D eigenvalue weighted by atomic mass is 10.6. The van der Waals surface area contributed by atoms with Crippen LogP contribution in [0.15, 0.2) is 0 Å². The lowest BCUT2D eigenvalue weighted by molar-refractivity contribution is 1.27. The Morgan fingerprint density at radius 3 is 2.57 bits per heavy atom. The predicted molar refractivity (Wildman–Crippen MR) is 41.4 cm³/mol. The van der Waals surface area contributed by atoms with E-state index in [4.69, 9.17) is 0 Å². The predicted octanol–water partition coefficient (Wildman–Crippen LogP) is 2.10. The first-order chi connectivity index (χ1) is 2.93. The largest absolute Gasteiger partial charge is 0.164 e. The van der Waals surface area contributed by atoms with Crippen LogP contribution in [-0.4, -0.2) is 23.0 Å². The fourth-order valence-corrected chi connectivity index (χ4v) is 2.04. The van der Waals surface area contributed by atoms with E-state index in [0.29, 0.717) is 0 Å². The Hall–Kier alpha value is 0.700. The van der Waals surface area contributed by atoms with Crippen LogP contribution in [0.3, 0.4) is 0 Å². The molecule has 0 N–H and O–H groups in total. The van der Waals surface area contributed by atoms with Gasteiger partial charge in [-0.3, -0.25) is 0 Å². The molecule has 44 valence electrons. The third-order valence-electron chi connectivity index (χ3n) is 0.755. The van der Waals surface area contributed by atoms with Crippen molar-refractivity contribution in [2.45, 2.75) is 12.7 Å². The van der Waals surface area contributed by atoms with Crippen molar-refractivity contribution in [3.63, 3.8) is 0 Å². The first-order valence-corrected chi connectivity index (χ1v) is 4.48. The zero-order chi connectivity index (χ0) is 4.41. The Morgan fingerprint density at radius 1 is 1.86 bits per heavy atom. The summed E-state index contributed by atoms with van der Waals surface area (Å²) in [4.78, 5) is 0. The van der Waals surface area contributed by atoms with Gasteiger partial charge in [0.05, 0.1) is 0 Å². The Balaban J connectivity index is 0.000000360. The van der Waals surface area contributed by atoms with E-state index in [0.717, 1.165) is 5.25 Å². The summed E-state index contributed by atoms with van der Waals surface area (Å²) in [5.74, 6) is 2.78. The molecule has 0 bridgehead atoms. The quantitative estimate of drug-likeness (QED) is 0.533. The van der Waals surface area contributed by atoms with E-state index in [9.17, 15) is 0 Å². The van der Waals surface area contributed by atoms with Crippen LogP contribution in [-0.2, 0) is 0 Å². The molecule has 0 aromatic carbocycles. The van der Waals surface area contributed by atoms with Crippen molar-refractivity contribution in [1.82, 2.24) is 0 Å². The molecule has 1 unspecified atom stereocenters. The van der Waals surface area contributed by atoms with Crippen molar-refractivity contribution in [3.8, 4) is 0 Å². The van der Waals surface area contributed by atoms with Crippen molar-refractivity contribution >= 4 is 23.5 Å². The molecule has 0 aromatic heterocycles. The highest BCUT2D eigenvalue weighted by Crippen LogP contribution is 2.31. The summed E-state index contributed by atoms with van der Waals surface area (Å²) in [6.45, 7) is 0. The molecule has 0 aromatic rings. The van der Waals surface area contributed by atoms with Crippen molar-refractivity contribution in [2.24, 2.45) is 0 Å².